The number of allylic oxidation sites excluding steroid dienone is 1. The van der Waals surface area contributed by atoms with E-state index in [1.165, 1.54) is 40.4 Å². The second-order valence-electron chi connectivity index (χ2n) is 6.81. The highest BCUT2D eigenvalue weighted by Crippen LogP contribution is 2.21. The minimum atomic E-state index is -3.76. The van der Waals surface area contributed by atoms with Gasteiger partial charge in [0.1, 0.15) is 5.75 Å². The van der Waals surface area contributed by atoms with Crippen LogP contribution in [-0.4, -0.2) is 41.3 Å². The van der Waals surface area contributed by atoms with Crippen LogP contribution in [-0.2, 0) is 10.0 Å². The maximum atomic E-state index is 12.7. The van der Waals surface area contributed by atoms with E-state index in [1.54, 1.807) is 37.6 Å². The van der Waals surface area contributed by atoms with Gasteiger partial charge >= 0.3 is 0 Å². The number of ketones is 1. The van der Waals surface area contributed by atoms with Crippen molar-refractivity contribution in [3.05, 3.63) is 83.1 Å². The summed E-state index contributed by atoms with van der Waals surface area (Å²) in [6, 6.07) is 13.4. The molecule has 0 aliphatic carbocycles. The van der Waals surface area contributed by atoms with Gasteiger partial charge < -0.3 is 4.74 Å². The molecule has 0 bridgehead atoms. The fourth-order valence-electron chi connectivity index (χ4n) is 3.06. The zero-order valence-corrected chi connectivity index (χ0v) is 19.3. The van der Waals surface area contributed by atoms with Gasteiger partial charge in [0.05, 0.1) is 23.4 Å². The fourth-order valence-corrected chi connectivity index (χ4v) is 4.85. The van der Waals surface area contributed by atoms with Crippen LogP contribution in [0.3, 0.4) is 0 Å². The molecule has 0 saturated carbocycles. The van der Waals surface area contributed by atoms with Crippen LogP contribution in [0.4, 0.5) is 5.13 Å². The molecule has 9 nitrogen and oxygen atoms in total. The third kappa shape index (κ3) is 4.83. The van der Waals surface area contributed by atoms with E-state index in [4.69, 9.17) is 4.74 Å². The van der Waals surface area contributed by atoms with E-state index >= 15 is 0 Å². The van der Waals surface area contributed by atoms with Gasteiger partial charge in [-0.15, -0.1) is 16.4 Å². The second kappa shape index (κ2) is 9.35. The highest BCUT2D eigenvalue weighted by molar-refractivity contribution is 7.93. The molecule has 0 amide bonds. The van der Waals surface area contributed by atoms with E-state index in [-0.39, 0.29) is 21.5 Å². The average molecular weight is 482 g/mol. The minimum absolute atomic E-state index is 0.0789. The molecule has 0 aliphatic heterocycles. The minimum Gasteiger partial charge on any atom is -0.496 e. The number of para-hydroxylation sites is 1. The van der Waals surface area contributed by atoms with E-state index < -0.39 is 10.0 Å². The Labute approximate surface area is 194 Å². The predicted octanol–water partition coefficient (Wildman–Crippen LogP) is 3.74. The van der Waals surface area contributed by atoms with E-state index in [9.17, 15) is 13.2 Å². The van der Waals surface area contributed by atoms with E-state index in [2.05, 4.69) is 20.0 Å². The van der Waals surface area contributed by atoms with Crippen LogP contribution in [0.15, 0.2) is 71.1 Å². The lowest BCUT2D eigenvalue weighted by atomic mass is 10.1. The molecule has 4 aromatic rings. The molecule has 0 spiro atoms. The third-order valence-corrected chi connectivity index (χ3v) is 6.90. The number of benzene rings is 2. The summed E-state index contributed by atoms with van der Waals surface area (Å²) in [6.07, 6.45) is 4.59. The van der Waals surface area contributed by atoms with Crippen molar-refractivity contribution in [1.82, 2.24) is 20.0 Å². The van der Waals surface area contributed by atoms with Crippen LogP contribution in [0.5, 0.6) is 5.75 Å². The molecule has 4 rings (SSSR count). The number of carbonyl (C=O) groups excluding carboxylic acids is 1. The normalized spacial score (nSPS) is 11.6. The van der Waals surface area contributed by atoms with Gasteiger partial charge in [-0.2, -0.15) is 0 Å². The van der Waals surface area contributed by atoms with Gasteiger partial charge in [-0.1, -0.05) is 23.4 Å². The molecule has 0 unspecified atom stereocenters. The van der Waals surface area contributed by atoms with E-state index in [0.717, 1.165) is 5.56 Å². The number of ether oxygens (including phenoxy) is 1. The number of methoxy groups -OCH3 is 1. The first-order valence-electron chi connectivity index (χ1n) is 9.69. The molecular weight excluding hydrogens is 462 g/mol. The van der Waals surface area contributed by atoms with Gasteiger partial charge in [0, 0.05) is 17.1 Å². The van der Waals surface area contributed by atoms with Crippen molar-refractivity contribution in [2.75, 3.05) is 11.8 Å². The Morgan fingerprint density at radius 2 is 1.91 bits per heavy atom. The number of nitrogens with one attached hydrogen (secondary N) is 1. The number of aromatic nitrogens is 4. The molecule has 0 saturated heterocycles. The topological polar surface area (TPSA) is 116 Å². The standard InChI is InChI=1S/C22H19N5O4S2/c1-15-21(19(28)12-7-16-5-3-4-6-20(16)31-2)24-26-27(15)17-8-10-18(11-9-17)33(29,30)25-22-23-13-14-32-22/h3-14H,1-2H3,(H,23,25)/b12-7+. The first-order valence-corrected chi connectivity index (χ1v) is 12.1. The number of anilines is 1. The number of hydrogen-bond acceptors (Lipinski definition) is 8. The molecule has 1 N–H and O–H groups in total. The summed E-state index contributed by atoms with van der Waals surface area (Å²) in [6.45, 7) is 1.72. The molecule has 11 heteroatoms. The van der Waals surface area contributed by atoms with Gasteiger partial charge in [-0.25, -0.2) is 18.1 Å². The Morgan fingerprint density at radius 1 is 1.15 bits per heavy atom. The molecule has 0 atom stereocenters. The van der Waals surface area contributed by atoms with Crippen LogP contribution in [0.2, 0.25) is 0 Å². The van der Waals surface area contributed by atoms with Crippen molar-refractivity contribution in [2.45, 2.75) is 11.8 Å². The highest BCUT2D eigenvalue weighted by atomic mass is 32.2. The Kier molecular flexibility index (Phi) is 6.33. The predicted molar refractivity (Wildman–Crippen MR) is 125 cm³/mol. The van der Waals surface area contributed by atoms with Crippen LogP contribution in [0.25, 0.3) is 11.8 Å². The van der Waals surface area contributed by atoms with Crippen molar-refractivity contribution in [2.24, 2.45) is 0 Å². The van der Waals surface area contributed by atoms with Crippen molar-refractivity contribution in [3.63, 3.8) is 0 Å². The van der Waals surface area contributed by atoms with Gasteiger partial charge in [0.15, 0.2) is 10.8 Å². The lowest BCUT2D eigenvalue weighted by Crippen LogP contribution is -2.13. The molecule has 2 aromatic heterocycles. The van der Waals surface area contributed by atoms with Crippen LogP contribution in [0, 0.1) is 6.92 Å². The number of carbonyl (C=O) groups is 1. The van der Waals surface area contributed by atoms with E-state index in [1.807, 2.05) is 24.3 Å². The number of thiazole rings is 1. The van der Waals surface area contributed by atoms with Crippen LogP contribution < -0.4 is 9.46 Å². The summed E-state index contributed by atoms with van der Waals surface area (Å²) in [7, 11) is -2.20. The molecule has 2 aromatic carbocycles. The first-order chi connectivity index (χ1) is 15.9. The van der Waals surface area contributed by atoms with Crippen LogP contribution in [0.1, 0.15) is 21.7 Å². The fraction of sp³-hybridized carbons (Fsp3) is 0.0909. The number of hydrogen-bond donors (Lipinski definition) is 1. The Balaban J connectivity index is 1.54. The zero-order valence-electron chi connectivity index (χ0n) is 17.7. The van der Waals surface area contributed by atoms with Gasteiger partial charge in [0.25, 0.3) is 10.0 Å². The lowest BCUT2D eigenvalue weighted by Gasteiger charge is -2.07. The van der Waals surface area contributed by atoms with E-state index in [0.29, 0.717) is 17.1 Å². The maximum Gasteiger partial charge on any atom is 0.263 e. The Bertz CT molecular complexity index is 1410. The molecular formula is C22H19N5O4S2. The number of nitrogens with zero attached hydrogens (tertiary/aromatic N) is 4. The van der Waals surface area contributed by atoms with Gasteiger partial charge in [-0.3, -0.25) is 9.52 Å². The Morgan fingerprint density at radius 3 is 2.61 bits per heavy atom. The second-order valence-corrected chi connectivity index (χ2v) is 9.39. The summed E-state index contributed by atoms with van der Waals surface area (Å²) in [4.78, 5) is 16.7. The quantitative estimate of drug-likeness (QED) is 0.301. The Hall–Kier alpha value is -3.83. The SMILES string of the molecule is COc1ccccc1/C=C/C(=O)c1nnn(-c2ccc(S(=O)(=O)Nc3nccs3)cc2)c1C. The molecule has 0 aliphatic rings. The van der Waals surface area contributed by atoms with Crippen molar-refractivity contribution < 1.29 is 17.9 Å². The average Bonchev–Trinajstić information content (AvgIpc) is 3.47. The lowest BCUT2D eigenvalue weighted by molar-refractivity contribution is 0.104. The summed E-state index contributed by atoms with van der Waals surface area (Å²) < 4.78 is 34.2. The summed E-state index contributed by atoms with van der Waals surface area (Å²) in [5.41, 5.74) is 2.06. The maximum absolute atomic E-state index is 12.7. The summed E-state index contributed by atoms with van der Waals surface area (Å²) >= 11 is 1.19. The highest BCUT2D eigenvalue weighted by Gasteiger charge is 2.18. The summed E-state index contributed by atoms with van der Waals surface area (Å²) in [5.74, 6) is 0.345. The van der Waals surface area contributed by atoms with Gasteiger partial charge in [0.2, 0.25) is 5.78 Å². The molecule has 168 valence electrons. The summed E-state index contributed by atoms with van der Waals surface area (Å²) in [5, 5.41) is 10.0. The molecule has 2 heterocycles. The van der Waals surface area contributed by atoms with Crippen molar-refractivity contribution >= 4 is 38.4 Å². The molecule has 33 heavy (non-hydrogen) atoms. The number of sulfonamides is 1. The van der Waals surface area contributed by atoms with Crippen molar-refractivity contribution in [3.8, 4) is 11.4 Å². The molecule has 0 radical (unpaired) electrons. The monoisotopic (exact) mass is 481 g/mol. The van der Waals surface area contributed by atoms with Gasteiger partial charge in [-0.05, 0) is 49.4 Å². The third-order valence-electron chi connectivity index (χ3n) is 4.73. The number of rotatable bonds is 8. The largest absolute Gasteiger partial charge is 0.496 e. The first kappa shape index (κ1) is 22.4. The van der Waals surface area contributed by atoms with Crippen LogP contribution >= 0.6 is 11.3 Å². The van der Waals surface area contributed by atoms with Crippen molar-refractivity contribution in [1.29, 1.82) is 0 Å². The smallest absolute Gasteiger partial charge is 0.263 e. The molecule has 0 fully saturated rings. The zero-order chi connectivity index (χ0) is 23.4.